The molecule has 0 atom stereocenters. The van der Waals surface area contributed by atoms with Gasteiger partial charge < -0.3 is 5.11 Å². The van der Waals surface area contributed by atoms with Gasteiger partial charge >= 0.3 is 0 Å². The van der Waals surface area contributed by atoms with E-state index >= 15 is 0 Å². The molecule has 4 N–H and O–H groups in total. The Morgan fingerprint density at radius 1 is 1.00 bits per heavy atom. The molecule has 1 aliphatic rings. The molecule has 0 spiro atoms. The maximum Gasteiger partial charge on any atom is 0.273 e. The van der Waals surface area contributed by atoms with Crippen LogP contribution in [-0.4, -0.2) is 31.4 Å². The molecule has 2 aromatic rings. The first-order valence-corrected chi connectivity index (χ1v) is 9.78. The van der Waals surface area contributed by atoms with E-state index in [-0.39, 0.29) is 27.8 Å². The standard InChI is InChI=1S/C18H19N3O5S/c1-11-6-9-13(27(25,26)21-12-7-8-12)10-15(11)18(24)20-19-17(23)14-4-2-3-5-16(14)22/h2-6,9-10,12,21-22H,7-8H2,1H3,(H,19,23)(H,20,24). The molecule has 1 saturated carbocycles. The Labute approximate surface area is 156 Å². The molecule has 27 heavy (non-hydrogen) atoms. The molecule has 2 aromatic carbocycles. The minimum Gasteiger partial charge on any atom is -0.507 e. The summed E-state index contributed by atoms with van der Waals surface area (Å²) in [5.74, 6) is -1.59. The minimum absolute atomic E-state index is 0.000478. The first-order valence-electron chi connectivity index (χ1n) is 8.29. The van der Waals surface area contributed by atoms with Gasteiger partial charge in [0, 0.05) is 11.6 Å². The van der Waals surface area contributed by atoms with Gasteiger partial charge in [-0.1, -0.05) is 18.2 Å². The lowest BCUT2D eigenvalue weighted by Crippen LogP contribution is -2.42. The topological polar surface area (TPSA) is 125 Å². The van der Waals surface area contributed by atoms with E-state index in [9.17, 15) is 23.1 Å². The highest BCUT2D eigenvalue weighted by Crippen LogP contribution is 2.23. The predicted octanol–water partition coefficient (Wildman–Crippen LogP) is 1.22. The second-order valence-electron chi connectivity index (χ2n) is 6.30. The number of aryl methyl sites for hydroxylation is 1. The fourth-order valence-corrected chi connectivity index (χ4v) is 3.75. The summed E-state index contributed by atoms with van der Waals surface area (Å²) >= 11 is 0. The molecule has 0 bridgehead atoms. The lowest BCUT2D eigenvalue weighted by atomic mass is 10.1. The number of rotatable bonds is 5. The van der Waals surface area contributed by atoms with E-state index in [1.54, 1.807) is 19.1 Å². The van der Waals surface area contributed by atoms with Gasteiger partial charge in [0.05, 0.1) is 10.5 Å². The zero-order valence-corrected chi connectivity index (χ0v) is 15.3. The van der Waals surface area contributed by atoms with Crippen molar-refractivity contribution in [2.24, 2.45) is 0 Å². The van der Waals surface area contributed by atoms with Crippen molar-refractivity contribution in [3.8, 4) is 5.75 Å². The molecule has 2 amide bonds. The van der Waals surface area contributed by atoms with Crippen molar-refractivity contribution in [3.63, 3.8) is 0 Å². The van der Waals surface area contributed by atoms with Crippen LogP contribution >= 0.6 is 0 Å². The second kappa shape index (κ2) is 7.37. The number of hydrogen-bond acceptors (Lipinski definition) is 5. The van der Waals surface area contributed by atoms with Crippen LogP contribution in [0.4, 0.5) is 0 Å². The van der Waals surface area contributed by atoms with Crippen LogP contribution in [0.2, 0.25) is 0 Å². The van der Waals surface area contributed by atoms with Gasteiger partial charge in [-0.25, -0.2) is 13.1 Å². The molecule has 1 aliphatic carbocycles. The number of amides is 2. The predicted molar refractivity (Wildman–Crippen MR) is 97.6 cm³/mol. The molecular formula is C18H19N3O5S. The minimum atomic E-state index is -3.70. The van der Waals surface area contributed by atoms with Crippen molar-refractivity contribution in [1.82, 2.24) is 15.6 Å². The van der Waals surface area contributed by atoms with E-state index in [1.807, 2.05) is 0 Å². The molecule has 0 aromatic heterocycles. The largest absolute Gasteiger partial charge is 0.507 e. The number of hydrogen-bond donors (Lipinski definition) is 4. The number of carbonyl (C=O) groups excluding carboxylic acids is 2. The molecule has 8 nitrogen and oxygen atoms in total. The van der Waals surface area contributed by atoms with E-state index in [0.29, 0.717) is 5.56 Å². The molecule has 9 heteroatoms. The third-order valence-corrected chi connectivity index (χ3v) is 5.62. The van der Waals surface area contributed by atoms with Crippen LogP contribution in [0.1, 0.15) is 39.1 Å². The van der Waals surface area contributed by atoms with Gasteiger partial charge in [0.1, 0.15) is 5.75 Å². The zero-order valence-electron chi connectivity index (χ0n) is 14.5. The van der Waals surface area contributed by atoms with Crippen molar-refractivity contribution < 1.29 is 23.1 Å². The van der Waals surface area contributed by atoms with Crippen molar-refractivity contribution in [2.75, 3.05) is 0 Å². The van der Waals surface area contributed by atoms with Crippen LogP contribution in [0.25, 0.3) is 0 Å². The molecule has 3 rings (SSSR count). The van der Waals surface area contributed by atoms with Gasteiger partial charge in [0.2, 0.25) is 10.0 Å². The molecule has 0 saturated heterocycles. The van der Waals surface area contributed by atoms with Crippen LogP contribution in [-0.2, 0) is 10.0 Å². The second-order valence-corrected chi connectivity index (χ2v) is 8.01. The molecule has 1 fully saturated rings. The fourth-order valence-electron chi connectivity index (χ4n) is 2.42. The normalized spacial score (nSPS) is 13.8. The van der Waals surface area contributed by atoms with Crippen molar-refractivity contribution in [1.29, 1.82) is 0 Å². The Balaban J connectivity index is 1.73. The summed E-state index contributed by atoms with van der Waals surface area (Å²) in [7, 11) is -3.70. The smallest absolute Gasteiger partial charge is 0.273 e. The highest BCUT2D eigenvalue weighted by Gasteiger charge is 2.28. The molecule has 0 radical (unpaired) electrons. The lowest BCUT2D eigenvalue weighted by molar-refractivity contribution is 0.0844. The first kappa shape index (κ1) is 18.9. The summed E-state index contributed by atoms with van der Waals surface area (Å²) in [6.07, 6.45) is 1.60. The molecule has 142 valence electrons. The SMILES string of the molecule is Cc1ccc(S(=O)(=O)NC2CC2)cc1C(=O)NNC(=O)c1ccccc1O. The van der Waals surface area contributed by atoms with Gasteiger partial charge in [-0.2, -0.15) is 0 Å². The number of sulfonamides is 1. The molecular weight excluding hydrogens is 370 g/mol. The van der Waals surface area contributed by atoms with E-state index in [0.717, 1.165) is 12.8 Å². The number of hydrazine groups is 1. The third-order valence-electron chi connectivity index (χ3n) is 4.10. The van der Waals surface area contributed by atoms with Gasteiger partial charge in [-0.15, -0.1) is 0 Å². The van der Waals surface area contributed by atoms with Gasteiger partial charge in [0.25, 0.3) is 11.8 Å². The lowest BCUT2D eigenvalue weighted by Gasteiger charge is -2.12. The van der Waals surface area contributed by atoms with Crippen LogP contribution in [0.5, 0.6) is 5.75 Å². The Kier molecular flexibility index (Phi) is 5.15. The summed E-state index contributed by atoms with van der Waals surface area (Å²) in [5.41, 5.74) is 5.10. The first-order chi connectivity index (χ1) is 12.8. The summed E-state index contributed by atoms with van der Waals surface area (Å²) in [5, 5.41) is 9.66. The van der Waals surface area contributed by atoms with Crippen LogP contribution in [0.15, 0.2) is 47.4 Å². The van der Waals surface area contributed by atoms with E-state index in [2.05, 4.69) is 15.6 Å². The molecule has 0 aliphatic heterocycles. The Bertz CT molecular complexity index is 1000. The Morgan fingerprint density at radius 2 is 1.63 bits per heavy atom. The highest BCUT2D eigenvalue weighted by atomic mass is 32.2. The molecule has 0 heterocycles. The number of phenolic OH excluding ortho intramolecular Hbond substituents is 1. The number of para-hydroxylation sites is 1. The van der Waals surface area contributed by atoms with Crippen LogP contribution in [0.3, 0.4) is 0 Å². The fraction of sp³-hybridized carbons (Fsp3) is 0.222. The van der Waals surface area contributed by atoms with Crippen molar-refractivity contribution >= 4 is 21.8 Å². The molecule has 0 unspecified atom stereocenters. The summed E-state index contributed by atoms with van der Waals surface area (Å²) in [6.45, 7) is 1.66. The monoisotopic (exact) mass is 389 g/mol. The summed E-state index contributed by atoms with van der Waals surface area (Å²) < 4.78 is 27.2. The number of carbonyl (C=O) groups is 2. The Morgan fingerprint density at radius 3 is 2.26 bits per heavy atom. The Hall–Kier alpha value is -2.91. The maximum atomic E-state index is 12.4. The summed E-state index contributed by atoms with van der Waals surface area (Å²) in [4.78, 5) is 24.4. The number of nitrogens with one attached hydrogen (secondary N) is 3. The van der Waals surface area contributed by atoms with Crippen molar-refractivity contribution in [3.05, 3.63) is 59.2 Å². The third kappa shape index (κ3) is 4.44. The average molecular weight is 389 g/mol. The van der Waals surface area contributed by atoms with E-state index in [4.69, 9.17) is 0 Å². The zero-order chi connectivity index (χ0) is 19.6. The highest BCUT2D eigenvalue weighted by molar-refractivity contribution is 7.89. The quantitative estimate of drug-likeness (QED) is 0.572. The van der Waals surface area contributed by atoms with Gasteiger partial charge in [-0.3, -0.25) is 20.4 Å². The van der Waals surface area contributed by atoms with E-state index in [1.165, 1.54) is 30.3 Å². The maximum absolute atomic E-state index is 12.4. The van der Waals surface area contributed by atoms with Gasteiger partial charge in [0.15, 0.2) is 0 Å². The average Bonchev–Trinajstić information content (AvgIpc) is 3.43. The van der Waals surface area contributed by atoms with E-state index < -0.39 is 21.8 Å². The van der Waals surface area contributed by atoms with Crippen molar-refractivity contribution in [2.45, 2.75) is 30.7 Å². The number of benzene rings is 2. The van der Waals surface area contributed by atoms with Crippen LogP contribution in [0, 0.1) is 6.92 Å². The van der Waals surface area contributed by atoms with Gasteiger partial charge in [-0.05, 0) is 49.6 Å². The number of phenols is 1. The summed E-state index contributed by atoms with van der Waals surface area (Å²) in [6, 6.07) is 10.1. The van der Waals surface area contributed by atoms with Crippen LogP contribution < -0.4 is 15.6 Å². The number of aromatic hydroxyl groups is 1.